The lowest BCUT2D eigenvalue weighted by Gasteiger charge is -2.10. The molecule has 3 N–H and O–H groups in total. The summed E-state index contributed by atoms with van der Waals surface area (Å²) >= 11 is 1.73. The van der Waals surface area contributed by atoms with Gasteiger partial charge < -0.3 is 15.8 Å². The number of carbonyl (C=O) groups excluding carboxylic acids is 1. The van der Waals surface area contributed by atoms with Crippen molar-refractivity contribution in [2.24, 2.45) is 5.73 Å². The molecule has 2 rings (SSSR count). The van der Waals surface area contributed by atoms with E-state index in [2.05, 4.69) is 5.32 Å². The Kier molecular flexibility index (Phi) is 4.90. The van der Waals surface area contributed by atoms with E-state index in [1.807, 2.05) is 24.3 Å². The van der Waals surface area contributed by atoms with Gasteiger partial charge in [0.1, 0.15) is 12.4 Å². The molecule has 1 heterocycles. The second-order valence-electron chi connectivity index (χ2n) is 4.15. The molecule has 0 spiro atoms. The van der Waals surface area contributed by atoms with Gasteiger partial charge in [-0.1, -0.05) is 0 Å². The Morgan fingerprint density at radius 2 is 2.22 bits per heavy atom. The summed E-state index contributed by atoms with van der Waals surface area (Å²) in [5, 5.41) is 3.04. The minimum atomic E-state index is 0.105. The molecule has 1 unspecified atom stereocenters. The van der Waals surface area contributed by atoms with Crippen LogP contribution in [0.15, 0.2) is 24.3 Å². The first-order valence-corrected chi connectivity index (χ1v) is 7.20. The Morgan fingerprint density at radius 1 is 1.44 bits per heavy atom. The van der Waals surface area contributed by atoms with E-state index in [0.717, 1.165) is 30.0 Å². The van der Waals surface area contributed by atoms with E-state index < -0.39 is 0 Å². The number of rotatable bonds is 5. The number of ether oxygens (including phenoxy) is 1. The first-order valence-electron chi connectivity index (χ1n) is 6.15. The summed E-state index contributed by atoms with van der Waals surface area (Å²) < 4.78 is 5.37. The minimum absolute atomic E-state index is 0.105. The van der Waals surface area contributed by atoms with E-state index in [-0.39, 0.29) is 11.2 Å². The third-order valence-electron chi connectivity index (χ3n) is 2.73. The number of carbonyl (C=O) groups is 1. The van der Waals surface area contributed by atoms with Crippen molar-refractivity contribution < 1.29 is 9.53 Å². The van der Waals surface area contributed by atoms with E-state index in [0.29, 0.717) is 13.2 Å². The molecule has 98 valence electrons. The molecule has 1 aliphatic heterocycles. The van der Waals surface area contributed by atoms with Crippen LogP contribution in [-0.4, -0.2) is 30.1 Å². The maximum atomic E-state index is 11.9. The first-order chi connectivity index (χ1) is 8.79. The summed E-state index contributed by atoms with van der Waals surface area (Å²) in [5.41, 5.74) is 6.17. The summed E-state index contributed by atoms with van der Waals surface area (Å²) in [5.74, 6) is 1.96. The predicted octanol–water partition coefficient (Wildman–Crippen LogP) is 1.86. The van der Waals surface area contributed by atoms with Crippen LogP contribution in [0.3, 0.4) is 0 Å². The number of nitrogens with two attached hydrogens (primary N) is 1. The molecular formula is C13H18N2O2S. The highest BCUT2D eigenvalue weighted by atomic mass is 32.2. The van der Waals surface area contributed by atoms with Crippen LogP contribution in [0.25, 0.3) is 0 Å². The fourth-order valence-corrected chi connectivity index (χ4v) is 2.98. The molecule has 1 atom stereocenters. The highest BCUT2D eigenvalue weighted by Crippen LogP contribution is 2.27. The molecule has 1 aliphatic rings. The average Bonchev–Trinajstić information content (AvgIpc) is 2.92. The second kappa shape index (κ2) is 6.66. The van der Waals surface area contributed by atoms with Crippen LogP contribution in [0.2, 0.25) is 0 Å². The number of anilines is 1. The number of nitrogens with one attached hydrogen (secondary N) is 1. The fourth-order valence-electron chi connectivity index (χ4n) is 1.82. The van der Waals surface area contributed by atoms with Crippen LogP contribution in [0.1, 0.15) is 12.8 Å². The molecule has 1 saturated heterocycles. The molecular weight excluding hydrogens is 248 g/mol. The normalized spacial score (nSPS) is 18.6. The van der Waals surface area contributed by atoms with Gasteiger partial charge in [0.2, 0.25) is 5.91 Å². The van der Waals surface area contributed by atoms with E-state index >= 15 is 0 Å². The minimum Gasteiger partial charge on any atom is -0.492 e. The Morgan fingerprint density at radius 3 is 2.83 bits per heavy atom. The highest BCUT2D eigenvalue weighted by Gasteiger charge is 2.23. The highest BCUT2D eigenvalue weighted by molar-refractivity contribution is 8.00. The van der Waals surface area contributed by atoms with E-state index in [1.165, 1.54) is 0 Å². The zero-order valence-corrected chi connectivity index (χ0v) is 11.0. The van der Waals surface area contributed by atoms with Crippen LogP contribution in [-0.2, 0) is 4.79 Å². The van der Waals surface area contributed by atoms with Crippen LogP contribution in [0.4, 0.5) is 5.69 Å². The van der Waals surface area contributed by atoms with Gasteiger partial charge in [-0.05, 0) is 42.9 Å². The van der Waals surface area contributed by atoms with Crippen molar-refractivity contribution >= 4 is 23.4 Å². The van der Waals surface area contributed by atoms with E-state index in [1.54, 1.807) is 11.8 Å². The summed E-state index contributed by atoms with van der Waals surface area (Å²) in [6.07, 6.45) is 2.11. The topological polar surface area (TPSA) is 64.3 Å². The molecule has 5 heteroatoms. The van der Waals surface area contributed by atoms with Gasteiger partial charge in [0, 0.05) is 12.2 Å². The summed E-state index contributed by atoms with van der Waals surface area (Å²) in [7, 11) is 0. The molecule has 0 saturated carbocycles. The Balaban J connectivity index is 1.87. The monoisotopic (exact) mass is 266 g/mol. The quantitative estimate of drug-likeness (QED) is 0.854. The Labute approximate surface area is 111 Å². The molecule has 0 aromatic heterocycles. The molecule has 1 aromatic carbocycles. The number of thioether (sulfide) groups is 1. The van der Waals surface area contributed by atoms with Gasteiger partial charge in [-0.25, -0.2) is 0 Å². The van der Waals surface area contributed by atoms with Crippen molar-refractivity contribution in [1.82, 2.24) is 0 Å². The fraction of sp³-hybridized carbons (Fsp3) is 0.462. The van der Waals surface area contributed by atoms with Crippen LogP contribution in [0.5, 0.6) is 5.75 Å². The molecule has 4 nitrogen and oxygen atoms in total. The number of hydrogen-bond donors (Lipinski definition) is 2. The van der Waals surface area contributed by atoms with Gasteiger partial charge in [0.15, 0.2) is 0 Å². The second-order valence-corrected chi connectivity index (χ2v) is 5.46. The molecule has 18 heavy (non-hydrogen) atoms. The van der Waals surface area contributed by atoms with Crippen molar-refractivity contribution in [3.05, 3.63) is 24.3 Å². The van der Waals surface area contributed by atoms with Crippen molar-refractivity contribution in [3.63, 3.8) is 0 Å². The summed E-state index contributed by atoms with van der Waals surface area (Å²) in [6.45, 7) is 1.00. The van der Waals surface area contributed by atoms with Gasteiger partial charge in [-0.2, -0.15) is 0 Å². The standard InChI is InChI=1S/C13H18N2O2S/c14-7-8-17-11-5-3-10(4-6-11)15-13(16)12-2-1-9-18-12/h3-6,12H,1-2,7-9,14H2,(H,15,16). The SMILES string of the molecule is NCCOc1ccc(NC(=O)C2CCCS2)cc1. The Hall–Kier alpha value is -1.20. The summed E-state index contributed by atoms with van der Waals surface area (Å²) in [6, 6.07) is 7.38. The van der Waals surface area contributed by atoms with Gasteiger partial charge in [-0.3, -0.25) is 4.79 Å². The van der Waals surface area contributed by atoms with Gasteiger partial charge in [0.25, 0.3) is 0 Å². The zero-order valence-electron chi connectivity index (χ0n) is 10.2. The van der Waals surface area contributed by atoms with E-state index in [4.69, 9.17) is 10.5 Å². The van der Waals surface area contributed by atoms with Crippen molar-refractivity contribution in [2.75, 3.05) is 24.2 Å². The molecule has 0 radical (unpaired) electrons. The zero-order chi connectivity index (χ0) is 12.8. The molecule has 0 bridgehead atoms. The smallest absolute Gasteiger partial charge is 0.237 e. The number of benzene rings is 1. The van der Waals surface area contributed by atoms with Crippen LogP contribution < -0.4 is 15.8 Å². The predicted molar refractivity (Wildman–Crippen MR) is 75.1 cm³/mol. The van der Waals surface area contributed by atoms with E-state index in [9.17, 15) is 4.79 Å². The lowest BCUT2D eigenvalue weighted by molar-refractivity contribution is -0.115. The third kappa shape index (κ3) is 3.65. The number of hydrogen-bond acceptors (Lipinski definition) is 4. The molecule has 0 aliphatic carbocycles. The largest absolute Gasteiger partial charge is 0.492 e. The average molecular weight is 266 g/mol. The van der Waals surface area contributed by atoms with Crippen molar-refractivity contribution in [2.45, 2.75) is 18.1 Å². The summed E-state index contributed by atoms with van der Waals surface area (Å²) in [4.78, 5) is 11.9. The van der Waals surface area contributed by atoms with Crippen molar-refractivity contribution in [3.8, 4) is 5.75 Å². The first kappa shape index (κ1) is 13.2. The maximum absolute atomic E-state index is 11.9. The Bertz CT molecular complexity index is 388. The lowest BCUT2D eigenvalue weighted by atomic mass is 10.2. The molecule has 1 amide bonds. The molecule has 1 aromatic rings. The van der Waals surface area contributed by atoms with Gasteiger partial charge in [-0.15, -0.1) is 11.8 Å². The van der Waals surface area contributed by atoms with Gasteiger partial charge in [0.05, 0.1) is 5.25 Å². The third-order valence-corrected chi connectivity index (χ3v) is 4.11. The van der Waals surface area contributed by atoms with Crippen LogP contribution in [0, 0.1) is 0 Å². The van der Waals surface area contributed by atoms with Crippen molar-refractivity contribution in [1.29, 1.82) is 0 Å². The lowest BCUT2D eigenvalue weighted by Crippen LogP contribution is -2.22. The molecule has 1 fully saturated rings. The van der Waals surface area contributed by atoms with Crippen LogP contribution >= 0.6 is 11.8 Å². The number of amides is 1. The van der Waals surface area contributed by atoms with Gasteiger partial charge >= 0.3 is 0 Å². The maximum Gasteiger partial charge on any atom is 0.237 e.